The minimum atomic E-state index is -0.0971. The zero-order valence-corrected chi connectivity index (χ0v) is 15.9. The Morgan fingerprint density at radius 1 is 1.26 bits per heavy atom. The SMILES string of the molecule is CC(=O)c1cc2c(cc1N=CCc1nnnn1-c1ccc(Br)cc1)OCO2. The van der Waals surface area contributed by atoms with E-state index in [0.717, 1.165) is 10.2 Å². The molecular weight excluding hydrogens is 414 g/mol. The van der Waals surface area contributed by atoms with Crippen LogP contribution in [0.15, 0.2) is 45.9 Å². The van der Waals surface area contributed by atoms with Crippen LogP contribution in [0.25, 0.3) is 5.69 Å². The molecule has 0 bridgehead atoms. The van der Waals surface area contributed by atoms with Gasteiger partial charge in [0.25, 0.3) is 0 Å². The highest BCUT2D eigenvalue weighted by atomic mass is 79.9. The third-order valence-electron chi connectivity index (χ3n) is 3.98. The fourth-order valence-electron chi connectivity index (χ4n) is 2.66. The highest BCUT2D eigenvalue weighted by molar-refractivity contribution is 9.10. The van der Waals surface area contributed by atoms with E-state index in [0.29, 0.717) is 35.0 Å². The van der Waals surface area contributed by atoms with Gasteiger partial charge in [-0.2, -0.15) is 4.68 Å². The number of tetrazole rings is 1. The molecule has 3 aromatic rings. The second kappa shape index (κ2) is 7.28. The molecule has 0 saturated heterocycles. The summed E-state index contributed by atoms with van der Waals surface area (Å²) < 4.78 is 13.3. The van der Waals surface area contributed by atoms with Gasteiger partial charge in [-0.3, -0.25) is 9.79 Å². The van der Waals surface area contributed by atoms with Crippen molar-refractivity contribution in [2.75, 3.05) is 6.79 Å². The minimum Gasteiger partial charge on any atom is -0.454 e. The quantitative estimate of drug-likeness (QED) is 0.458. The van der Waals surface area contributed by atoms with Gasteiger partial charge in [0.1, 0.15) is 0 Å². The monoisotopic (exact) mass is 427 g/mol. The summed E-state index contributed by atoms with van der Waals surface area (Å²) in [6, 6.07) is 11.0. The van der Waals surface area contributed by atoms with Crippen molar-refractivity contribution in [3.63, 3.8) is 0 Å². The first-order chi connectivity index (χ1) is 13.1. The van der Waals surface area contributed by atoms with E-state index in [2.05, 4.69) is 36.4 Å². The van der Waals surface area contributed by atoms with Crippen LogP contribution in [0.2, 0.25) is 0 Å². The number of halogens is 1. The molecule has 0 radical (unpaired) electrons. The lowest BCUT2D eigenvalue weighted by atomic mass is 10.1. The van der Waals surface area contributed by atoms with Gasteiger partial charge in [0.2, 0.25) is 6.79 Å². The standard InChI is InChI=1S/C18H14BrN5O3/c1-11(25)14-8-16-17(27-10-26-16)9-15(14)20-7-6-18-21-22-23-24(18)13-4-2-12(19)3-5-13/h2-5,7-9H,6,10H2,1H3. The number of Topliss-reactive ketones (excluding diaryl/α,β-unsaturated/α-hetero) is 1. The summed E-state index contributed by atoms with van der Waals surface area (Å²) >= 11 is 3.41. The molecule has 4 rings (SSSR count). The van der Waals surface area contributed by atoms with Crippen molar-refractivity contribution in [1.29, 1.82) is 0 Å². The fraction of sp³-hybridized carbons (Fsp3) is 0.167. The van der Waals surface area contributed by atoms with Gasteiger partial charge in [-0.25, -0.2) is 0 Å². The topological polar surface area (TPSA) is 91.5 Å². The summed E-state index contributed by atoms with van der Waals surface area (Å²) in [7, 11) is 0. The third-order valence-corrected chi connectivity index (χ3v) is 4.51. The lowest BCUT2D eigenvalue weighted by molar-refractivity contribution is 0.101. The second-order valence-electron chi connectivity index (χ2n) is 5.78. The van der Waals surface area contributed by atoms with Gasteiger partial charge in [-0.1, -0.05) is 15.9 Å². The van der Waals surface area contributed by atoms with Crippen LogP contribution >= 0.6 is 15.9 Å². The highest BCUT2D eigenvalue weighted by Crippen LogP contribution is 2.38. The third kappa shape index (κ3) is 3.59. The molecule has 1 aromatic heterocycles. The Balaban J connectivity index is 1.58. The molecule has 0 spiro atoms. The van der Waals surface area contributed by atoms with Crippen molar-refractivity contribution in [2.45, 2.75) is 13.3 Å². The summed E-state index contributed by atoms with van der Waals surface area (Å²) in [5.74, 6) is 1.66. The van der Waals surface area contributed by atoms with E-state index in [9.17, 15) is 4.79 Å². The molecular formula is C18H14BrN5O3. The Hall–Kier alpha value is -3.07. The van der Waals surface area contributed by atoms with Crippen molar-refractivity contribution in [3.8, 4) is 17.2 Å². The van der Waals surface area contributed by atoms with E-state index in [1.807, 2.05) is 24.3 Å². The predicted octanol–water partition coefficient (Wildman–Crippen LogP) is 3.30. The van der Waals surface area contributed by atoms with Gasteiger partial charge < -0.3 is 9.47 Å². The van der Waals surface area contributed by atoms with Crippen LogP contribution in [0.3, 0.4) is 0 Å². The van der Waals surface area contributed by atoms with Gasteiger partial charge in [0.05, 0.1) is 11.4 Å². The van der Waals surface area contributed by atoms with Crippen LogP contribution in [-0.2, 0) is 6.42 Å². The van der Waals surface area contributed by atoms with E-state index in [4.69, 9.17) is 9.47 Å². The van der Waals surface area contributed by atoms with Crippen LogP contribution in [0.5, 0.6) is 11.5 Å². The van der Waals surface area contributed by atoms with Crippen LogP contribution in [0, 0.1) is 0 Å². The fourth-order valence-corrected chi connectivity index (χ4v) is 2.93. The van der Waals surface area contributed by atoms with Crippen molar-refractivity contribution >= 4 is 33.6 Å². The Bertz CT molecular complexity index is 1030. The molecule has 0 unspecified atom stereocenters. The predicted molar refractivity (Wildman–Crippen MR) is 101 cm³/mol. The average Bonchev–Trinajstić information content (AvgIpc) is 3.30. The number of fused-ring (bicyclic) bond motifs is 1. The zero-order valence-electron chi connectivity index (χ0n) is 14.3. The summed E-state index contributed by atoms with van der Waals surface area (Å²) in [6.07, 6.45) is 2.07. The summed E-state index contributed by atoms with van der Waals surface area (Å²) in [5.41, 5.74) is 1.84. The minimum absolute atomic E-state index is 0.0971. The molecule has 8 nitrogen and oxygen atoms in total. The molecule has 9 heteroatoms. The van der Waals surface area contributed by atoms with Crippen molar-refractivity contribution in [3.05, 3.63) is 52.3 Å². The Morgan fingerprint density at radius 3 is 2.74 bits per heavy atom. The number of ether oxygens (including phenoxy) is 2. The highest BCUT2D eigenvalue weighted by Gasteiger charge is 2.19. The molecule has 136 valence electrons. The summed E-state index contributed by atoms with van der Waals surface area (Å²) in [5, 5.41) is 11.8. The molecule has 27 heavy (non-hydrogen) atoms. The van der Waals surface area contributed by atoms with Gasteiger partial charge in [0, 0.05) is 28.7 Å². The number of ketones is 1. The van der Waals surface area contributed by atoms with Crippen molar-refractivity contribution in [1.82, 2.24) is 20.2 Å². The van der Waals surface area contributed by atoms with Crippen LogP contribution in [0.4, 0.5) is 5.69 Å². The maximum atomic E-state index is 11.9. The molecule has 0 saturated carbocycles. The number of aromatic nitrogens is 4. The summed E-state index contributed by atoms with van der Waals surface area (Å²) in [4.78, 5) is 16.3. The van der Waals surface area contributed by atoms with Gasteiger partial charge >= 0.3 is 0 Å². The Morgan fingerprint density at radius 2 is 2.00 bits per heavy atom. The Labute approximate surface area is 162 Å². The number of hydrogen-bond donors (Lipinski definition) is 0. The second-order valence-corrected chi connectivity index (χ2v) is 6.69. The summed E-state index contributed by atoms with van der Waals surface area (Å²) in [6.45, 7) is 1.63. The molecule has 2 aromatic carbocycles. The molecule has 1 aliphatic rings. The molecule has 0 atom stereocenters. The zero-order chi connectivity index (χ0) is 18.8. The number of carbonyl (C=O) groups is 1. The van der Waals surface area contributed by atoms with E-state index in [-0.39, 0.29) is 12.6 Å². The van der Waals surface area contributed by atoms with E-state index < -0.39 is 0 Å². The molecule has 0 N–H and O–H groups in total. The molecule has 1 aliphatic heterocycles. The van der Waals surface area contributed by atoms with Gasteiger partial charge in [-0.15, -0.1) is 5.10 Å². The van der Waals surface area contributed by atoms with Crippen molar-refractivity contribution < 1.29 is 14.3 Å². The lowest BCUT2D eigenvalue weighted by Gasteiger charge is -2.05. The van der Waals surface area contributed by atoms with E-state index in [1.165, 1.54) is 6.92 Å². The normalized spacial score (nSPS) is 12.7. The van der Waals surface area contributed by atoms with Gasteiger partial charge in [0.15, 0.2) is 23.1 Å². The average molecular weight is 428 g/mol. The van der Waals surface area contributed by atoms with Crippen LogP contribution in [-0.4, -0.2) is 39.0 Å². The number of hydrogen-bond acceptors (Lipinski definition) is 7. The van der Waals surface area contributed by atoms with Crippen LogP contribution in [0.1, 0.15) is 23.1 Å². The maximum absolute atomic E-state index is 11.9. The van der Waals surface area contributed by atoms with Crippen molar-refractivity contribution in [2.24, 2.45) is 4.99 Å². The maximum Gasteiger partial charge on any atom is 0.231 e. The van der Waals surface area contributed by atoms with E-state index >= 15 is 0 Å². The lowest BCUT2D eigenvalue weighted by Crippen LogP contribution is -2.03. The largest absolute Gasteiger partial charge is 0.454 e. The molecule has 2 heterocycles. The first-order valence-electron chi connectivity index (χ1n) is 8.12. The Kier molecular flexibility index (Phi) is 4.68. The first kappa shape index (κ1) is 17.3. The smallest absolute Gasteiger partial charge is 0.231 e. The van der Waals surface area contributed by atoms with E-state index in [1.54, 1.807) is 23.0 Å². The number of aliphatic imine (C=N–C) groups is 1. The molecule has 0 fully saturated rings. The first-order valence-corrected chi connectivity index (χ1v) is 8.91. The van der Waals surface area contributed by atoms with Gasteiger partial charge in [-0.05, 0) is 47.7 Å². The number of benzene rings is 2. The van der Waals surface area contributed by atoms with Crippen LogP contribution < -0.4 is 9.47 Å². The number of carbonyl (C=O) groups excluding carboxylic acids is 1. The number of rotatable bonds is 5. The molecule has 0 amide bonds. The number of nitrogens with zero attached hydrogens (tertiary/aromatic N) is 5. The molecule has 0 aliphatic carbocycles.